The summed E-state index contributed by atoms with van der Waals surface area (Å²) in [6.45, 7) is 7.92. The van der Waals surface area contributed by atoms with E-state index >= 15 is 0 Å². The van der Waals surface area contributed by atoms with Crippen molar-refractivity contribution in [3.05, 3.63) is 12.1 Å². The quantitative estimate of drug-likeness (QED) is 0.781. The van der Waals surface area contributed by atoms with E-state index in [9.17, 15) is 4.79 Å². The van der Waals surface area contributed by atoms with Gasteiger partial charge in [-0.15, -0.1) is 0 Å². The first kappa shape index (κ1) is 17.0. The lowest BCUT2D eigenvalue weighted by Crippen LogP contribution is -2.39. The van der Waals surface area contributed by atoms with Gasteiger partial charge in [0.2, 0.25) is 17.7 Å². The highest BCUT2D eigenvalue weighted by atomic mass is 16.5. The molecule has 2 aliphatic rings. The number of rotatable bonds is 6. The van der Waals surface area contributed by atoms with Gasteiger partial charge in [0.15, 0.2) is 0 Å². The minimum Gasteiger partial charge on any atom is -0.476 e. The highest BCUT2D eigenvalue weighted by molar-refractivity contribution is 5.94. The van der Waals surface area contributed by atoms with Crippen molar-refractivity contribution in [1.29, 1.82) is 0 Å². The van der Waals surface area contributed by atoms with Crippen LogP contribution in [0.5, 0.6) is 11.8 Å². The van der Waals surface area contributed by atoms with Crippen LogP contribution in [0.1, 0.15) is 19.8 Å². The fourth-order valence-corrected chi connectivity index (χ4v) is 2.87. The lowest BCUT2D eigenvalue weighted by Gasteiger charge is -2.29. The summed E-state index contributed by atoms with van der Waals surface area (Å²) in [6, 6.07) is 3.66. The van der Waals surface area contributed by atoms with Crippen LogP contribution in [-0.4, -0.2) is 68.4 Å². The van der Waals surface area contributed by atoms with Crippen LogP contribution in [0.2, 0.25) is 0 Å². The maximum atomic E-state index is 12.2. The number of pyridine rings is 1. The average Bonchev–Trinajstić information content (AvgIpc) is 2.62. The first-order valence-electron chi connectivity index (χ1n) is 8.65. The number of amides is 1. The summed E-state index contributed by atoms with van der Waals surface area (Å²) in [7, 11) is 0. The van der Waals surface area contributed by atoms with Crippen molar-refractivity contribution in [2.75, 3.05) is 57.5 Å². The van der Waals surface area contributed by atoms with Crippen LogP contribution in [-0.2, 0) is 9.53 Å². The molecule has 2 aliphatic heterocycles. The van der Waals surface area contributed by atoms with Crippen molar-refractivity contribution in [3.63, 3.8) is 0 Å². The number of hydrogen-bond donors (Lipinski definition) is 0. The molecule has 0 saturated carbocycles. The van der Waals surface area contributed by atoms with E-state index in [1.54, 1.807) is 11.0 Å². The Balaban J connectivity index is 1.57. The normalized spacial score (nSPS) is 18.0. The molecule has 132 valence electrons. The predicted octanol–water partition coefficient (Wildman–Crippen LogP) is 1.32. The molecule has 0 N–H and O–H groups in total. The molecule has 0 atom stereocenters. The van der Waals surface area contributed by atoms with Crippen molar-refractivity contribution in [2.24, 2.45) is 0 Å². The average molecular weight is 335 g/mol. The number of morpholine rings is 1. The van der Waals surface area contributed by atoms with Crippen molar-refractivity contribution in [2.45, 2.75) is 19.8 Å². The number of ether oxygens (including phenoxy) is 3. The summed E-state index contributed by atoms with van der Waals surface area (Å²) in [5, 5.41) is 0. The number of nitrogens with zero attached hydrogens (tertiary/aromatic N) is 3. The zero-order chi connectivity index (χ0) is 16.8. The first-order chi connectivity index (χ1) is 11.8. The molecule has 0 bridgehead atoms. The van der Waals surface area contributed by atoms with Gasteiger partial charge in [-0.25, -0.2) is 0 Å². The SMILES string of the molecule is CCCC(=O)N1CCOc2nc(OCCN3CCOCC3)ccc21. The van der Waals surface area contributed by atoms with Gasteiger partial charge in [-0.1, -0.05) is 6.92 Å². The van der Waals surface area contributed by atoms with Gasteiger partial charge in [-0.2, -0.15) is 4.98 Å². The molecule has 0 spiro atoms. The van der Waals surface area contributed by atoms with E-state index < -0.39 is 0 Å². The van der Waals surface area contributed by atoms with Gasteiger partial charge in [-0.3, -0.25) is 9.69 Å². The number of carbonyl (C=O) groups excluding carboxylic acids is 1. The Morgan fingerprint density at radius 3 is 2.88 bits per heavy atom. The number of hydrogen-bond acceptors (Lipinski definition) is 6. The Labute approximate surface area is 142 Å². The van der Waals surface area contributed by atoms with Gasteiger partial charge >= 0.3 is 0 Å². The van der Waals surface area contributed by atoms with Crippen LogP contribution in [0.25, 0.3) is 0 Å². The molecule has 7 nitrogen and oxygen atoms in total. The molecule has 1 amide bonds. The van der Waals surface area contributed by atoms with E-state index in [4.69, 9.17) is 14.2 Å². The van der Waals surface area contributed by atoms with Crippen LogP contribution in [0.15, 0.2) is 12.1 Å². The second-order valence-electron chi connectivity index (χ2n) is 5.92. The van der Waals surface area contributed by atoms with Gasteiger partial charge in [0.1, 0.15) is 18.9 Å². The van der Waals surface area contributed by atoms with Crippen LogP contribution in [0, 0.1) is 0 Å². The number of anilines is 1. The molecule has 3 rings (SSSR count). The van der Waals surface area contributed by atoms with Crippen molar-refractivity contribution in [3.8, 4) is 11.8 Å². The van der Waals surface area contributed by atoms with Crippen molar-refractivity contribution < 1.29 is 19.0 Å². The molecule has 1 aromatic rings. The van der Waals surface area contributed by atoms with Gasteiger partial charge in [0.05, 0.1) is 19.8 Å². The molecular formula is C17H25N3O4. The third-order valence-electron chi connectivity index (χ3n) is 4.19. The summed E-state index contributed by atoms with van der Waals surface area (Å²) in [4.78, 5) is 20.7. The van der Waals surface area contributed by atoms with Crippen molar-refractivity contribution >= 4 is 11.6 Å². The van der Waals surface area contributed by atoms with E-state index in [1.165, 1.54) is 0 Å². The number of carbonyl (C=O) groups is 1. The minimum atomic E-state index is 0.116. The molecular weight excluding hydrogens is 310 g/mol. The zero-order valence-corrected chi connectivity index (χ0v) is 14.2. The third kappa shape index (κ3) is 4.15. The Morgan fingerprint density at radius 2 is 2.08 bits per heavy atom. The zero-order valence-electron chi connectivity index (χ0n) is 14.2. The van der Waals surface area contributed by atoms with E-state index in [-0.39, 0.29) is 5.91 Å². The molecule has 7 heteroatoms. The monoisotopic (exact) mass is 335 g/mol. The number of aromatic nitrogens is 1. The lowest BCUT2D eigenvalue weighted by molar-refractivity contribution is -0.118. The maximum Gasteiger partial charge on any atom is 0.241 e. The Bertz CT molecular complexity index is 561. The lowest BCUT2D eigenvalue weighted by atomic mass is 10.2. The van der Waals surface area contributed by atoms with Crippen LogP contribution >= 0.6 is 0 Å². The Kier molecular flexibility index (Phi) is 5.87. The summed E-state index contributed by atoms with van der Waals surface area (Å²) in [5.74, 6) is 1.13. The fourth-order valence-electron chi connectivity index (χ4n) is 2.87. The van der Waals surface area contributed by atoms with Gasteiger partial charge in [-0.05, 0) is 12.5 Å². The molecule has 0 aliphatic carbocycles. The standard InChI is InChI=1S/C17H25N3O4/c1-2-3-16(21)20-9-13-24-17-14(20)4-5-15(18-17)23-12-8-19-6-10-22-11-7-19/h4-5H,2-3,6-13H2,1H3. The second kappa shape index (κ2) is 8.30. The summed E-state index contributed by atoms with van der Waals surface area (Å²) >= 11 is 0. The third-order valence-corrected chi connectivity index (χ3v) is 4.19. The van der Waals surface area contributed by atoms with Crippen LogP contribution < -0.4 is 14.4 Å². The van der Waals surface area contributed by atoms with Crippen LogP contribution in [0.4, 0.5) is 5.69 Å². The molecule has 1 aromatic heterocycles. The highest BCUT2D eigenvalue weighted by Crippen LogP contribution is 2.32. The summed E-state index contributed by atoms with van der Waals surface area (Å²) < 4.78 is 16.7. The second-order valence-corrected chi connectivity index (χ2v) is 5.92. The van der Waals surface area contributed by atoms with Gasteiger partial charge < -0.3 is 19.1 Å². The van der Waals surface area contributed by atoms with Crippen LogP contribution in [0.3, 0.4) is 0 Å². The van der Waals surface area contributed by atoms with Gasteiger partial charge in [0.25, 0.3) is 0 Å². The molecule has 0 unspecified atom stereocenters. The van der Waals surface area contributed by atoms with E-state index in [1.807, 2.05) is 13.0 Å². The van der Waals surface area contributed by atoms with Gasteiger partial charge in [0, 0.05) is 32.1 Å². The summed E-state index contributed by atoms with van der Waals surface area (Å²) in [5.41, 5.74) is 0.736. The molecule has 24 heavy (non-hydrogen) atoms. The topological polar surface area (TPSA) is 64.1 Å². The van der Waals surface area contributed by atoms with E-state index in [0.717, 1.165) is 45.0 Å². The minimum absolute atomic E-state index is 0.116. The molecule has 3 heterocycles. The Hall–Kier alpha value is -1.86. The first-order valence-corrected chi connectivity index (χ1v) is 8.65. The smallest absolute Gasteiger partial charge is 0.241 e. The highest BCUT2D eigenvalue weighted by Gasteiger charge is 2.24. The fraction of sp³-hybridized carbons (Fsp3) is 0.647. The molecule has 1 saturated heterocycles. The van der Waals surface area contributed by atoms with E-state index in [2.05, 4.69) is 9.88 Å². The van der Waals surface area contributed by atoms with Crippen molar-refractivity contribution in [1.82, 2.24) is 9.88 Å². The summed E-state index contributed by atoms with van der Waals surface area (Å²) in [6.07, 6.45) is 1.37. The molecule has 0 radical (unpaired) electrons. The van der Waals surface area contributed by atoms with E-state index in [0.29, 0.717) is 37.9 Å². The molecule has 1 fully saturated rings. The number of fused-ring (bicyclic) bond motifs is 1. The Morgan fingerprint density at radius 1 is 1.25 bits per heavy atom. The largest absolute Gasteiger partial charge is 0.476 e. The molecule has 0 aromatic carbocycles. The predicted molar refractivity (Wildman–Crippen MR) is 89.7 cm³/mol. The maximum absolute atomic E-state index is 12.2.